The van der Waals surface area contributed by atoms with Crippen LogP contribution in [-0.2, 0) is 4.79 Å². The van der Waals surface area contributed by atoms with Gasteiger partial charge in [-0.05, 0) is 30.3 Å². The molecule has 1 N–H and O–H groups in total. The first-order chi connectivity index (χ1) is 13.6. The van der Waals surface area contributed by atoms with Gasteiger partial charge in [0.15, 0.2) is 17.4 Å². The fourth-order valence-electron chi connectivity index (χ4n) is 2.14. The maximum absolute atomic E-state index is 11.8. The summed E-state index contributed by atoms with van der Waals surface area (Å²) in [6.07, 6.45) is 1.36. The van der Waals surface area contributed by atoms with Crippen LogP contribution in [0.2, 0.25) is 0 Å². The van der Waals surface area contributed by atoms with E-state index >= 15 is 0 Å². The van der Waals surface area contributed by atoms with Gasteiger partial charge in [0.2, 0.25) is 0 Å². The molecule has 2 aromatic carbocycles. The Hall–Kier alpha value is -3.59. The van der Waals surface area contributed by atoms with Gasteiger partial charge in [0.25, 0.3) is 5.91 Å². The van der Waals surface area contributed by atoms with Crippen molar-refractivity contribution in [2.24, 2.45) is 5.10 Å². The molecule has 28 heavy (non-hydrogen) atoms. The van der Waals surface area contributed by atoms with Crippen molar-refractivity contribution in [1.82, 2.24) is 5.43 Å². The van der Waals surface area contributed by atoms with Gasteiger partial charge in [-0.2, -0.15) is 5.10 Å². The summed E-state index contributed by atoms with van der Waals surface area (Å²) in [5.74, 6) is -0.0709. The number of hydrazone groups is 1. The number of rotatable bonds is 8. The number of ether oxygens (including phenoxy) is 1. The molecule has 1 aromatic heterocycles. The molecule has 0 aliphatic carbocycles. The van der Waals surface area contributed by atoms with E-state index in [0.717, 1.165) is 4.90 Å². The number of furan rings is 1. The molecular formula is C19H15N3O5S. The number of nitro groups is 1. The molecular weight excluding hydrogens is 382 g/mol. The zero-order chi connectivity index (χ0) is 19.8. The largest absolute Gasteiger partial charge is 0.477 e. The van der Waals surface area contributed by atoms with E-state index in [1.165, 1.54) is 36.2 Å². The summed E-state index contributed by atoms with van der Waals surface area (Å²) in [5.41, 5.74) is 2.07. The second-order valence-electron chi connectivity index (χ2n) is 5.38. The summed E-state index contributed by atoms with van der Waals surface area (Å²) < 4.78 is 10.8. The third-order valence-electron chi connectivity index (χ3n) is 3.37. The Kier molecular flexibility index (Phi) is 6.42. The first-order valence-electron chi connectivity index (χ1n) is 8.12. The molecule has 0 atom stereocenters. The first kappa shape index (κ1) is 19.2. The SMILES string of the molecule is O=C(COc1ccccc1[N+](=O)[O-])N/N=C/c1ccc(Sc2ccccc2)o1. The maximum atomic E-state index is 11.8. The molecule has 9 heteroatoms. The van der Waals surface area contributed by atoms with E-state index in [9.17, 15) is 14.9 Å². The van der Waals surface area contributed by atoms with Crippen molar-refractivity contribution < 1.29 is 18.9 Å². The lowest BCUT2D eigenvalue weighted by Gasteiger charge is -2.05. The predicted molar refractivity (Wildman–Crippen MR) is 104 cm³/mol. The average Bonchev–Trinajstić information content (AvgIpc) is 3.14. The van der Waals surface area contributed by atoms with Gasteiger partial charge in [-0.15, -0.1) is 0 Å². The Morgan fingerprint density at radius 3 is 2.68 bits per heavy atom. The van der Waals surface area contributed by atoms with Gasteiger partial charge in [0.1, 0.15) is 5.76 Å². The number of carbonyl (C=O) groups is 1. The summed E-state index contributed by atoms with van der Waals surface area (Å²) in [7, 11) is 0. The zero-order valence-electron chi connectivity index (χ0n) is 14.5. The molecule has 0 fully saturated rings. The quantitative estimate of drug-likeness (QED) is 0.351. The lowest BCUT2D eigenvalue weighted by atomic mass is 10.3. The number of benzene rings is 2. The van der Waals surface area contributed by atoms with Crippen LogP contribution in [0.4, 0.5) is 5.69 Å². The summed E-state index contributed by atoms with van der Waals surface area (Å²) in [6, 6.07) is 19.1. The lowest BCUT2D eigenvalue weighted by molar-refractivity contribution is -0.385. The van der Waals surface area contributed by atoms with Crippen LogP contribution in [0.5, 0.6) is 5.75 Å². The number of hydrogen-bond acceptors (Lipinski definition) is 7. The number of carbonyl (C=O) groups excluding carboxylic acids is 1. The molecule has 8 nitrogen and oxygen atoms in total. The summed E-state index contributed by atoms with van der Waals surface area (Å²) >= 11 is 1.47. The van der Waals surface area contributed by atoms with Gasteiger partial charge in [-0.1, -0.05) is 42.1 Å². The van der Waals surface area contributed by atoms with Crippen LogP contribution in [0.25, 0.3) is 0 Å². The summed E-state index contributed by atoms with van der Waals surface area (Å²) in [6.45, 7) is -0.407. The Morgan fingerprint density at radius 2 is 1.89 bits per heavy atom. The van der Waals surface area contributed by atoms with Gasteiger partial charge in [0, 0.05) is 11.0 Å². The van der Waals surface area contributed by atoms with Crippen LogP contribution in [0.15, 0.2) is 86.2 Å². The van der Waals surface area contributed by atoms with E-state index in [1.807, 2.05) is 30.3 Å². The molecule has 0 unspecified atom stereocenters. The van der Waals surface area contributed by atoms with Gasteiger partial charge in [-0.3, -0.25) is 14.9 Å². The molecule has 0 aliphatic rings. The van der Waals surface area contributed by atoms with Crippen LogP contribution >= 0.6 is 11.8 Å². The Bertz CT molecular complexity index is 988. The van der Waals surface area contributed by atoms with Crippen LogP contribution in [0, 0.1) is 10.1 Å². The molecule has 0 bridgehead atoms. The van der Waals surface area contributed by atoms with Gasteiger partial charge < -0.3 is 9.15 Å². The van der Waals surface area contributed by atoms with E-state index in [0.29, 0.717) is 10.9 Å². The fraction of sp³-hybridized carbons (Fsp3) is 0.0526. The van der Waals surface area contributed by atoms with Crippen molar-refractivity contribution in [2.75, 3.05) is 6.61 Å². The molecule has 3 rings (SSSR count). The van der Waals surface area contributed by atoms with Crippen molar-refractivity contribution in [3.8, 4) is 5.75 Å². The molecule has 0 radical (unpaired) electrons. The van der Waals surface area contributed by atoms with Crippen LogP contribution < -0.4 is 10.2 Å². The normalized spacial score (nSPS) is 10.7. The highest BCUT2D eigenvalue weighted by Gasteiger charge is 2.14. The number of hydrogen-bond donors (Lipinski definition) is 1. The predicted octanol–water partition coefficient (Wildman–Crippen LogP) is 3.87. The number of nitro benzene ring substituents is 1. The molecule has 0 saturated carbocycles. The standard InChI is InChI=1S/C19H15N3O5S/c23-18(13-26-17-9-5-4-8-16(17)22(24)25)21-20-12-14-10-11-19(27-14)28-15-6-2-1-3-7-15/h1-12H,13H2,(H,21,23)/b20-12+. The van der Waals surface area contributed by atoms with Crippen molar-refractivity contribution in [3.05, 3.63) is 82.6 Å². The first-order valence-corrected chi connectivity index (χ1v) is 8.94. The van der Waals surface area contributed by atoms with Crippen molar-refractivity contribution >= 4 is 29.6 Å². The minimum absolute atomic E-state index is 0.0141. The van der Waals surface area contributed by atoms with E-state index in [4.69, 9.17) is 9.15 Å². The van der Waals surface area contributed by atoms with E-state index in [2.05, 4.69) is 10.5 Å². The fourth-order valence-corrected chi connectivity index (χ4v) is 2.94. The molecule has 1 amide bonds. The van der Waals surface area contributed by atoms with E-state index in [-0.39, 0.29) is 11.4 Å². The third-order valence-corrected chi connectivity index (χ3v) is 4.29. The van der Waals surface area contributed by atoms with Gasteiger partial charge in [0.05, 0.1) is 11.1 Å². The topological polar surface area (TPSA) is 107 Å². The molecule has 0 spiro atoms. The highest BCUT2D eigenvalue weighted by Crippen LogP contribution is 2.28. The van der Waals surface area contributed by atoms with E-state index in [1.54, 1.807) is 18.2 Å². The Balaban J connectivity index is 1.48. The van der Waals surface area contributed by atoms with Crippen molar-refractivity contribution in [3.63, 3.8) is 0 Å². The lowest BCUT2D eigenvalue weighted by Crippen LogP contribution is -2.24. The number of nitrogens with zero attached hydrogens (tertiary/aromatic N) is 2. The Labute approximate surface area is 164 Å². The molecule has 0 aliphatic heterocycles. The molecule has 1 heterocycles. The van der Waals surface area contributed by atoms with Gasteiger partial charge in [-0.25, -0.2) is 5.43 Å². The smallest absolute Gasteiger partial charge is 0.310 e. The Morgan fingerprint density at radius 1 is 1.14 bits per heavy atom. The van der Waals surface area contributed by atoms with Crippen LogP contribution in [-0.4, -0.2) is 23.7 Å². The number of nitrogens with one attached hydrogen (secondary N) is 1. The van der Waals surface area contributed by atoms with Crippen molar-refractivity contribution in [1.29, 1.82) is 0 Å². The maximum Gasteiger partial charge on any atom is 0.310 e. The molecule has 0 saturated heterocycles. The van der Waals surface area contributed by atoms with Crippen molar-refractivity contribution in [2.45, 2.75) is 9.99 Å². The molecule has 3 aromatic rings. The van der Waals surface area contributed by atoms with Crippen LogP contribution in [0.1, 0.15) is 5.76 Å². The second-order valence-corrected chi connectivity index (χ2v) is 6.46. The number of amides is 1. The minimum Gasteiger partial charge on any atom is -0.477 e. The third kappa shape index (κ3) is 5.45. The highest BCUT2D eigenvalue weighted by molar-refractivity contribution is 7.99. The number of para-hydroxylation sites is 2. The monoisotopic (exact) mass is 397 g/mol. The van der Waals surface area contributed by atoms with Crippen LogP contribution in [0.3, 0.4) is 0 Å². The summed E-state index contributed by atoms with van der Waals surface area (Å²) in [4.78, 5) is 23.1. The highest BCUT2D eigenvalue weighted by atomic mass is 32.2. The second kappa shape index (κ2) is 9.38. The minimum atomic E-state index is -0.576. The van der Waals surface area contributed by atoms with Gasteiger partial charge >= 0.3 is 5.69 Å². The summed E-state index contributed by atoms with van der Waals surface area (Å²) in [5, 5.41) is 15.4. The van der Waals surface area contributed by atoms with E-state index < -0.39 is 17.4 Å². The molecule has 142 valence electrons. The zero-order valence-corrected chi connectivity index (χ0v) is 15.3. The average molecular weight is 397 g/mol.